The van der Waals surface area contributed by atoms with E-state index in [1.807, 2.05) is 13.0 Å². The third-order valence-electron chi connectivity index (χ3n) is 3.42. The number of thioether (sulfide) groups is 1. The number of fused-ring (bicyclic) bond motifs is 1. The standard InChI is InChI=1S/C18H16N2O3S/c1-2-23-13-9-7-12(8-10-13)16(21)11-24-18-19-15-6-4-3-5-14(15)17(22)20-18/h3-10H,2,11H2,1H3,(H,19,20,22). The molecule has 0 saturated carbocycles. The summed E-state index contributed by atoms with van der Waals surface area (Å²) in [5.41, 5.74) is 1.03. The van der Waals surface area contributed by atoms with Gasteiger partial charge in [0.2, 0.25) is 0 Å². The number of H-pyrrole nitrogens is 1. The number of hydrogen-bond donors (Lipinski definition) is 1. The predicted octanol–water partition coefficient (Wildman–Crippen LogP) is 3.30. The fourth-order valence-corrected chi connectivity index (χ4v) is 3.02. The molecule has 0 unspecified atom stereocenters. The predicted molar refractivity (Wildman–Crippen MR) is 95.0 cm³/mol. The summed E-state index contributed by atoms with van der Waals surface area (Å²) < 4.78 is 5.36. The monoisotopic (exact) mass is 340 g/mol. The Kier molecular flexibility index (Phi) is 4.96. The molecule has 0 amide bonds. The maximum atomic E-state index is 12.3. The minimum atomic E-state index is -0.198. The van der Waals surface area contributed by atoms with Crippen LogP contribution >= 0.6 is 11.8 Å². The van der Waals surface area contributed by atoms with Crippen LogP contribution in [-0.4, -0.2) is 28.1 Å². The molecule has 0 saturated heterocycles. The summed E-state index contributed by atoms with van der Waals surface area (Å²) in [6.07, 6.45) is 0. The average Bonchev–Trinajstić information content (AvgIpc) is 2.61. The van der Waals surface area contributed by atoms with Gasteiger partial charge in [0.25, 0.3) is 5.56 Å². The molecular formula is C18H16N2O3S. The normalized spacial score (nSPS) is 10.7. The first kappa shape index (κ1) is 16.3. The Morgan fingerprint density at radius 1 is 1.17 bits per heavy atom. The van der Waals surface area contributed by atoms with Crippen LogP contribution in [0.15, 0.2) is 58.5 Å². The van der Waals surface area contributed by atoms with Gasteiger partial charge >= 0.3 is 0 Å². The van der Waals surface area contributed by atoms with Gasteiger partial charge in [-0.05, 0) is 43.3 Å². The van der Waals surface area contributed by atoms with E-state index < -0.39 is 0 Å². The van der Waals surface area contributed by atoms with Crippen LogP contribution in [0.4, 0.5) is 0 Å². The van der Waals surface area contributed by atoms with Crippen LogP contribution in [0.1, 0.15) is 17.3 Å². The van der Waals surface area contributed by atoms with Crippen molar-refractivity contribution in [2.75, 3.05) is 12.4 Å². The third-order valence-corrected chi connectivity index (χ3v) is 4.29. The van der Waals surface area contributed by atoms with Crippen molar-refractivity contribution in [1.29, 1.82) is 0 Å². The molecular weight excluding hydrogens is 324 g/mol. The maximum Gasteiger partial charge on any atom is 0.259 e. The number of ether oxygens (including phenoxy) is 1. The fraction of sp³-hybridized carbons (Fsp3) is 0.167. The van der Waals surface area contributed by atoms with Crippen LogP contribution in [0, 0.1) is 0 Å². The number of nitrogens with one attached hydrogen (secondary N) is 1. The van der Waals surface area contributed by atoms with Crippen molar-refractivity contribution >= 4 is 28.4 Å². The molecule has 1 N–H and O–H groups in total. The van der Waals surface area contributed by atoms with E-state index in [2.05, 4.69) is 9.97 Å². The lowest BCUT2D eigenvalue weighted by molar-refractivity contribution is 0.102. The molecule has 24 heavy (non-hydrogen) atoms. The first-order valence-corrected chi connectivity index (χ1v) is 8.54. The van der Waals surface area contributed by atoms with Gasteiger partial charge in [0.1, 0.15) is 5.75 Å². The summed E-state index contributed by atoms with van der Waals surface area (Å²) in [6, 6.07) is 14.2. The Morgan fingerprint density at radius 3 is 2.67 bits per heavy atom. The van der Waals surface area contributed by atoms with Gasteiger partial charge in [-0.25, -0.2) is 4.98 Å². The van der Waals surface area contributed by atoms with Crippen molar-refractivity contribution in [3.05, 3.63) is 64.4 Å². The zero-order chi connectivity index (χ0) is 16.9. The smallest absolute Gasteiger partial charge is 0.259 e. The summed E-state index contributed by atoms with van der Waals surface area (Å²) in [5, 5.41) is 0.984. The van der Waals surface area contributed by atoms with Gasteiger partial charge < -0.3 is 9.72 Å². The van der Waals surface area contributed by atoms with Crippen molar-refractivity contribution in [3.8, 4) is 5.75 Å². The molecule has 0 bridgehead atoms. The van der Waals surface area contributed by atoms with Crippen LogP contribution in [0.3, 0.4) is 0 Å². The first-order chi connectivity index (χ1) is 11.7. The number of aromatic amines is 1. The van der Waals surface area contributed by atoms with Crippen molar-refractivity contribution in [2.24, 2.45) is 0 Å². The Morgan fingerprint density at radius 2 is 1.92 bits per heavy atom. The maximum absolute atomic E-state index is 12.3. The van der Waals surface area contributed by atoms with Crippen LogP contribution in [-0.2, 0) is 0 Å². The lowest BCUT2D eigenvalue weighted by Gasteiger charge is -2.05. The van der Waals surface area contributed by atoms with E-state index in [0.717, 1.165) is 5.75 Å². The highest BCUT2D eigenvalue weighted by molar-refractivity contribution is 7.99. The van der Waals surface area contributed by atoms with E-state index >= 15 is 0 Å². The average molecular weight is 340 g/mol. The highest BCUT2D eigenvalue weighted by atomic mass is 32.2. The minimum absolute atomic E-state index is 0.0288. The van der Waals surface area contributed by atoms with E-state index in [0.29, 0.717) is 28.2 Å². The van der Waals surface area contributed by atoms with E-state index in [9.17, 15) is 9.59 Å². The van der Waals surface area contributed by atoms with E-state index in [1.165, 1.54) is 11.8 Å². The minimum Gasteiger partial charge on any atom is -0.494 e. The molecule has 5 nitrogen and oxygen atoms in total. The molecule has 1 heterocycles. The summed E-state index contributed by atoms with van der Waals surface area (Å²) in [5.74, 6) is 0.913. The second-order valence-electron chi connectivity index (χ2n) is 5.06. The Hall–Kier alpha value is -2.60. The molecule has 6 heteroatoms. The molecule has 1 aromatic heterocycles. The van der Waals surface area contributed by atoms with Gasteiger partial charge in [-0.15, -0.1) is 0 Å². The van der Waals surface area contributed by atoms with E-state index in [1.54, 1.807) is 42.5 Å². The van der Waals surface area contributed by atoms with Crippen LogP contribution < -0.4 is 10.3 Å². The van der Waals surface area contributed by atoms with Crippen LogP contribution in [0.2, 0.25) is 0 Å². The SMILES string of the molecule is CCOc1ccc(C(=O)CSc2nc3ccccc3c(=O)[nH]2)cc1. The molecule has 0 spiro atoms. The van der Waals surface area contributed by atoms with E-state index in [4.69, 9.17) is 4.74 Å². The number of carbonyl (C=O) groups is 1. The highest BCUT2D eigenvalue weighted by Crippen LogP contribution is 2.18. The number of Topliss-reactive ketones (excluding diaryl/α,β-unsaturated/α-hetero) is 1. The highest BCUT2D eigenvalue weighted by Gasteiger charge is 2.09. The van der Waals surface area contributed by atoms with Crippen molar-refractivity contribution in [3.63, 3.8) is 0 Å². The molecule has 3 aromatic rings. The summed E-state index contributed by atoms with van der Waals surface area (Å²) in [6.45, 7) is 2.50. The van der Waals surface area contributed by atoms with Gasteiger partial charge in [-0.1, -0.05) is 23.9 Å². The van der Waals surface area contributed by atoms with Gasteiger partial charge in [0, 0.05) is 5.56 Å². The summed E-state index contributed by atoms with van der Waals surface area (Å²) >= 11 is 1.22. The third kappa shape index (κ3) is 3.65. The van der Waals surface area contributed by atoms with Gasteiger partial charge in [0.15, 0.2) is 10.9 Å². The quantitative estimate of drug-likeness (QED) is 0.423. The number of aromatic nitrogens is 2. The zero-order valence-electron chi connectivity index (χ0n) is 13.1. The first-order valence-electron chi connectivity index (χ1n) is 7.55. The Bertz CT molecular complexity index is 919. The molecule has 0 aliphatic rings. The largest absolute Gasteiger partial charge is 0.494 e. The lowest BCUT2D eigenvalue weighted by Crippen LogP contribution is -2.10. The molecule has 3 rings (SSSR count). The molecule has 0 radical (unpaired) electrons. The number of benzene rings is 2. The van der Waals surface area contributed by atoms with Gasteiger partial charge in [-0.2, -0.15) is 0 Å². The lowest BCUT2D eigenvalue weighted by atomic mass is 10.1. The zero-order valence-corrected chi connectivity index (χ0v) is 13.9. The summed E-state index contributed by atoms with van der Waals surface area (Å²) in [7, 11) is 0. The fourth-order valence-electron chi connectivity index (χ4n) is 2.25. The molecule has 0 fully saturated rings. The van der Waals surface area contributed by atoms with Crippen molar-refractivity contribution in [2.45, 2.75) is 12.1 Å². The second-order valence-corrected chi connectivity index (χ2v) is 6.02. The number of nitrogens with zero attached hydrogens (tertiary/aromatic N) is 1. The van der Waals surface area contributed by atoms with Crippen molar-refractivity contribution in [1.82, 2.24) is 9.97 Å². The van der Waals surface area contributed by atoms with Crippen LogP contribution in [0.5, 0.6) is 5.75 Å². The number of para-hydroxylation sites is 1. The van der Waals surface area contributed by atoms with Gasteiger partial charge in [0.05, 0.1) is 23.3 Å². The molecule has 2 aromatic carbocycles. The number of rotatable bonds is 6. The van der Waals surface area contributed by atoms with Gasteiger partial charge in [-0.3, -0.25) is 9.59 Å². The number of ketones is 1. The molecule has 122 valence electrons. The summed E-state index contributed by atoms with van der Waals surface area (Å²) in [4.78, 5) is 31.3. The Balaban J connectivity index is 1.71. The van der Waals surface area contributed by atoms with E-state index in [-0.39, 0.29) is 17.1 Å². The molecule has 0 aliphatic heterocycles. The Labute approximate surface area is 143 Å². The number of hydrogen-bond acceptors (Lipinski definition) is 5. The second kappa shape index (κ2) is 7.31. The molecule has 0 atom stereocenters. The topological polar surface area (TPSA) is 72.0 Å². The van der Waals surface area contributed by atoms with Crippen molar-refractivity contribution < 1.29 is 9.53 Å². The van der Waals surface area contributed by atoms with Crippen LogP contribution in [0.25, 0.3) is 10.9 Å². The number of carbonyl (C=O) groups excluding carboxylic acids is 1. The molecule has 0 aliphatic carbocycles.